The number of carbonyl (C=O) groups excluding carboxylic acids is 1. The van der Waals surface area contributed by atoms with Crippen molar-refractivity contribution in [2.45, 2.75) is 11.4 Å². The largest absolute Gasteiger partial charge is 0.298 e. The Morgan fingerprint density at radius 3 is 2.39 bits per heavy atom. The Kier molecular flexibility index (Phi) is 6.90. The summed E-state index contributed by atoms with van der Waals surface area (Å²) < 4.78 is 27.4. The molecule has 0 saturated heterocycles. The fraction of sp³-hybridized carbons (Fsp3) is 0.0833. The van der Waals surface area contributed by atoms with Gasteiger partial charge in [0.2, 0.25) is 10.0 Å². The maximum atomic E-state index is 13.1. The molecule has 33 heavy (non-hydrogen) atoms. The second-order valence-corrected chi connectivity index (χ2v) is 10.6. The van der Waals surface area contributed by atoms with Crippen LogP contribution in [-0.2, 0) is 16.6 Å². The molecule has 0 saturated carbocycles. The number of anilines is 1. The van der Waals surface area contributed by atoms with Crippen LogP contribution in [0.5, 0.6) is 0 Å². The Labute approximate surface area is 201 Å². The first-order chi connectivity index (χ1) is 15.8. The molecule has 0 aliphatic carbocycles. The van der Waals surface area contributed by atoms with Gasteiger partial charge >= 0.3 is 0 Å². The van der Waals surface area contributed by atoms with E-state index in [0.717, 1.165) is 16.8 Å². The number of hydrogen-bond acceptors (Lipinski definition) is 5. The summed E-state index contributed by atoms with van der Waals surface area (Å²) in [5, 5.41) is 5.09. The fourth-order valence-electron chi connectivity index (χ4n) is 3.18. The van der Waals surface area contributed by atoms with E-state index in [1.165, 1.54) is 40.9 Å². The highest BCUT2D eigenvalue weighted by molar-refractivity contribution is 7.89. The van der Waals surface area contributed by atoms with Crippen molar-refractivity contribution in [1.82, 2.24) is 9.29 Å². The number of nitrogens with one attached hydrogen (secondary N) is 1. The molecular weight excluding hydrogens is 478 g/mol. The molecule has 9 heteroatoms. The van der Waals surface area contributed by atoms with E-state index in [1.807, 2.05) is 66.0 Å². The first-order valence-corrected chi connectivity index (χ1v) is 12.7. The van der Waals surface area contributed by atoms with Crippen molar-refractivity contribution in [3.8, 4) is 11.3 Å². The lowest BCUT2D eigenvalue weighted by molar-refractivity contribution is 0.102. The number of benzene rings is 3. The summed E-state index contributed by atoms with van der Waals surface area (Å²) in [7, 11) is -2.34. The van der Waals surface area contributed by atoms with Crippen LogP contribution in [0.15, 0.2) is 89.1 Å². The Hall–Kier alpha value is -3.04. The SMILES string of the molecule is CN(Cc1ccccc1)S(=O)(=O)c1ccc(Cl)c(C(=O)Nc2nc(-c3ccccc3)cs2)c1. The third-order valence-electron chi connectivity index (χ3n) is 4.93. The molecule has 0 spiro atoms. The van der Waals surface area contributed by atoms with E-state index >= 15 is 0 Å². The third kappa shape index (κ3) is 5.31. The molecule has 0 aliphatic heterocycles. The second kappa shape index (κ2) is 9.84. The zero-order valence-corrected chi connectivity index (χ0v) is 20.0. The topological polar surface area (TPSA) is 79.4 Å². The van der Waals surface area contributed by atoms with Crippen LogP contribution in [0.25, 0.3) is 11.3 Å². The van der Waals surface area contributed by atoms with Gasteiger partial charge in [-0.25, -0.2) is 13.4 Å². The van der Waals surface area contributed by atoms with Gasteiger partial charge in [0, 0.05) is 24.5 Å². The van der Waals surface area contributed by atoms with E-state index in [2.05, 4.69) is 10.3 Å². The molecular formula is C24H20ClN3O3S2. The summed E-state index contributed by atoms with van der Waals surface area (Å²) in [5.74, 6) is -0.531. The Balaban J connectivity index is 1.54. The van der Waals surface area contributed by atoms with Gasteiger partial charge in [-0.2, -0.15) is 4.31 Å². The zero-order valence-electron chi connectivity index (χ0n) is 17.6. The van der Waals surface area contributed by atoms with Gasteiger partial charge in [-0.15, -0.1) is 11.3 Å². The Morgan fingerprint density at radius 2 is 1.70 bits per heavy atom. The molecule has 0 aliphatic rings. The minimum absolute atomic E-state index is 0.0143. The van der Waals surface area contributed by atoms with Crippen LogP contribution < -0.4 is 5.32 Å². The van der Waals surface area contributed by atoms with E-state index in [1.54, 1.807) is 0 Å². The smallest absolute Gasteiger partial charge is 0.259 e. The second-order valence-electron chi connectivity index (χ2n) is 7.25. The predicted octanol–water partition coefficient (Wildman–Crippen LogP) is 5.54. The molecule has 6 nitrogen and oxygen atoms in total. The number of halogens is 1. The van der Waals surface area contributed by atoms with Crippen LogP contribution in [0.2, 0.25) is 5.02 Å². The number of thiazole rings is 1. The summed E-state index contributed by atoms with van der Waals surface area (Å²) in [4.78, 5) is 17.3. The van der Waals surface area contributed by atoms with Crippen molar-refractivity contribution >= 4 is 44.0 Å². The fourth-order valence-corrected chi connectivity index (χ4v) is 5.29. The van der Waals surface area contributed by atoms with Crippen molar-refractivity contribution in [3.63, 3.8) is 0 Å². The van der Waals surface area contributed by atoms with Gasteiger partial charge < -0.3 is 0 Å². The van der Waals surface area contributed by atoms with E-state index in [-0.39, 0.29) is 22.0 Å². The highest BCUT2D eigenvalue weighted by atomic mass is 35.5. The average molecular weight is 498 g/mol. The van der Waals surface area contributed by atoms with Crippen LogP contribution in [0.4, 0.5) is 5.13 Å². The molecule has 1 N–H and O–H groups in total. The lowest BCUT2D eigenvalue weighted by Gasteiger charge is -2.18. The molecule has 1 amide bonds. The molecule has 0 radical (unpaired) electrons. The molecule has 0 atom stereocenters. The maximum absolute atomic E-state index is 13.1. The normalized spacial score (nSPS) is 11.5. The number of rotatable bonds is 7. The lowest BCUT2D eigenvalue weighted by Crippen LogP contribution is -2.27. The van der Waals surface area contributed by atoms with Crippen molar-refractivity contribution < 1.29 is 13.2 Å². The molecule has 1 aromatic heterocycles. The minimum atomic E-state index is -3.83. The summed E-state index contributed by atoms with van der Waals surface area (Å²) in [6.07, 6.45) is 0. The van der Waals surface area contributed by atoms with Crippen LogP contribution in [0, 0.1) is 0 Å². The maximum Gasteiger partial charge on any atom is 0.259 e. The molecule has 168 valence electrons. The van der Waals surface area contributed by atoms with Crippen molar-refractivity contribution in [2.75, 3.05) is 12.4 Å². The number of nitrogens with zero attached hydrogens (tertiary/aromatic N) is 2. The zero-order chi connectivity index (χ0) is 23.4. The highest BCUT2D eigenvalue weighted by Gasteiger charge is 2.24. The van der Waals surface area contributed by atoms with Crippen LogP contribution in [0.1, 0.15) is 15.9 Å². The standard InChI is InChI=1S/C24H20ClN3O3S2/c1-28(15-17-8-4-2-5-9-17)33(30,31)19-12-13-21(25)20(14-19)23(29)27-24-26-22(16-32-24)18-10-6-3-7-11-18/h2-14,16H,15H2,1H3,(H,26,27,29). The van der Waals surface area contributed by atoms with Gasteiger partial charge in [0.1, 0.15) is 0 Å². The number of hydrogen-bond donors (Lipinski definition) is 1. The number of carbonyl (C=O) groups is 1. The number of amides is 1. The van der Waals surface area contributed by atoms with Gasteiger partial charge in [0.05, 0.1) is 21.2 Å². The number of sulfonamides is 1. The molecule has 4 rings (SSSR count). The minimum Gasteiger partial charge on any atom is -0.298 e. The van der Waals surface area contributed by atoms with Gasteiger partial charge in [0.15, 0.2) is 5.13 Å². The van der Waals surface area contributed by atoms with Gasteiger partial charge in [-0.3, -0.25) is 10.1 Å². The quantitative estimate of drug-likeness (QED) is 0.363. The van der Waals surface area contributed by atoms with E-state index in [0.29, 0.717) is 5.13 Å². The summed E-state index contributed by atoms with van der Waals surface area (Å²) in [5.41, 5.74) is 2.58. The Bertz CT molecular complexity index is 1370. The Morgan fingerprint density at radius 1 is 1.03 bits per heavy atom. The van der Waals surface area contributed by atoms with E-state index in [9.17, 15) is 13.2 Å². The van der Waals surface area contributed by atoms with Crippen molar-refractivity contribution in [1.29, 1.82) is 0 Å². The van der Waals surface area contributed by atoms with Gasteiger partial charge in [-0.1, -0.05) is 72.3 Å². The predicted molar refractivity (Wildman–Crippen MR) is 132 cm³/mol. The van der Waals surface area contributed by atoms with Crippen molar-refractivity contribution in [3.05, 3.63) is 100 Å². The first kappa shape index (κ1) is 23.1. The molecule has 0 bridgehead atoms. The van der Waals surface area contributed by atoms with E-state index < -0.39 is 15.9 Å². The summed E-state index contributed by atoms with van der Waals surface area (Å²) in [6.45, 7) is 0.203. The van der Waals surface area contributed by atoms with Crippen molar-refractivity contribution in [2.24, 2.45) is 0 Å². The molecule has 0 unspecified atom stereocenters. The highest BCUT2D eigenvalue weighted by Crippen LogP contribution is 2.27. The molecule has 0 fully saturated rings. The average Bonchev–Trinajstić information content (AvgIpc) is 3.29. The van der Waals surface area contributed by atoms with Gasteiger partial charge in [0.25, 0.3) is 5.91 Å². The van der Waals surface area contributed by atoms with E-state index in [4.69, 9.17) is 11.6 Å². The first-order valence-electron chi connectivity index (χ1n) is 9.97. The molecule has 4 aromatic rings. The summed E-state index contributed by atoms with van der Waals surface area (Å²) in [6, 6.07) is 23.0. The van der Waals surface area contributed by atoms with Gasteiger partial charge in [-0.05, 0) is 23.8 Å². The number of aromatic nitrogens is 1. The molecule has 3 aromatic carbocycles. The lowest BCUT2D eigenvalue weighted by atomic mass is 10.2. The monoisotopic (exact) mass is 497 g/mol. The molecule has 1 heterocycles. The van der Waals surface area contributed by atoms with Crippen LogP contribution >= 0.6 is 22.9 Å². The van der Waals surface area contributed by atoms with Crippen LogP contribution in [-0.4, -0.2) is 30.7 Å². The van der Waals surface area contributed by atoms with Crippen LogP contribution in [0.3, 0.4) is 0 Å². The third-order valence-corrected chi connectivity index (χ3v) is 7.82. The summed E-state index contributed by atoms with van der Waals surface area (Å²) >= 11 is 7.51.